The number of benzene rings is 1. The second kappa shape index (κ2) is 2.59. The second-order valence-electron chi connectivity index (χ2n) is 1.69. The van der Waals surface area contributed by atoms with Crippen molar-refractivity contribution in [2.45, 2.75) is 0 Å². The van der Waals surface area contributed by atoms with Crippen LogP contribution in [0, 0.1) is 17.4 Å². The molecular weight excluding hydrogens is 150 g/mol. The molecule has 0 spiro atoms. The Hall–Kier alpha value is -1.20. The van der Waals surface area contributed by atoms with Crippen molar-refractivity contribution >= 4 is 11.6 Å². The lowest BCUT2D eigenvalue weighted by Gasteiger charge is -1.92. The first-order valence-electron chi connectivity index (χ1n) is 2.54. The van der Waals surface area contributed by atoms with E-state index in [9.17, 15) is 0 Å². The zero-order chi connectivity index (χ0) is 7.56. The summed E-state index contributed by atoms with van der Waals surface area (Å²) in [5.74, 6) is -0.0908. The zero-order valence-corrected chi connectivity index (χ0v) is 5.68. The van der Waals surface area contributed by atoms with Crippen LogP contribution in [-0.2, 0) is 0 Å². The van der Waals surface area contributed by atoms with E-state index in [1.54, 1.807) is 6.07 Å². The Bertz CT molecular complexity index is 290. The summed E-state index contributed by atoms with van der Waals surface area (Å²) in [5, 5.41) is 17.6. The van der Waals surface area contributed by atoms with E-state index in [2.05, 4.69) is 6.07 Å². The summed E-state index contributed by atoms with van der Waals surface area (Å²) in [6, 6.07) is 6.94. The number of halogens is 1. The van der Waals surface area contributed by atoms with Gasteiger partial charge in [-0.15, -0.1) is 0 Å². The fraction of sp³-hybridized carbons (Fsp3) is 0. The maximum atomic E-state index is 8.92. The first-order chi connectivity index (χ1) is 4.74. The SMILES string of the molecule is N#Cc1cc(Cl)[c]cc1O. The third kappa shape index (κ3) is 1.20. The van der Waals surface area contributed by atoms with E-state index in [4.69, 9.17) is 22.0 Å². The number of aromatic hydroxyl groups is 1. The normalized spacial score (nSPS) is 8.80. The zero-order valence-electron chi connectivity index (χ0n) is 4.93. The number of nitrogens with zero attached hydrogens (tertiary/aromatic N) is 1. The van der Waals surface area contributed by atoms with Crippen LogP contribution in [0.2, 0.25) is 5.02 Å². The summed E-state index contributed by atoms with van der Waals surface area (Å²) in [5.41, 5.74) is 0.170. The lowest BCUT2D eigenvalue weighted by molar-refractivity contribution is 0.473. The topological polar surface area (TPSA) is 44.0 Å². The van der Waals surface area contributed by atoms with Gasteiger partial charge in [-0.25, -0.2) is 0 Å². The molecule has 0 unspecified atom stereocenters. The first kappa shape index (κ1) is 6.91. The number of rotatable bonds is 0. The minimum atomic E-state index is -0.0908. The monoisotopic (exact) mass is 152 g/mol. The van der Waals surface area contributed by atoms with Crippen molar-refractivity contribution in [3.63, 3.8) is 0 Å². The van der Waals surface area contributed by atoms with Crippen molar-refractivity contribution in [2.24, 2.45) is 0 Å². The molecule has 1 radical (unpaired) electrons. The Morgan fingerprint density at radius 1 is 1.70 bits per heavy atom. The Kier molecular flexibility index (Phi) is 1.79. The smallest absolute Gasteiger partial charge is 0.134 e. The van der Waals surface area contributed by atoms with Gasteiger partial charge in [-0.3, -0.25) is 0 Å². The molecule has 0 saturated carbocycles. The van der Waals surface area contributed by atoms with Gasteiger partial charge in [0.15, 0.2) is 0 Å². The van der Waals surface area contributed by atoms with Crippen LogP contribution in [0.15, 0.2) is 12.1 Å². The maximum absolute atomic E-state index is 8.92. The van der Waals surface area contributed by atoms with Gasteiger partial charge in [0.25, 0.3) is 0 Å². The lowest BCUT2D eigenvalue weighted by Crippen LogP contribution is -1.74. The summed E-state index contributed by atoms with van der Waals surface area (Å²) in [6.45, 7) is 0. The third-order valence-electron chi connectivity index (χ3n) is 1.01. The average molecular weight is 153 g/mol. The van der Waals surface area contributed by atoms with Crippen LogP contribution >= 0.6 is 11.6 Å². The molecular formula is C7H3ClNO. The van der Waals surface area contributed by atoms with E-state index in [0.717, 1.165) is 0 Å². The number of phenols is 1. The predicted octanol–water partition coefficient (Wildman–Crippen LogP) is 1.72. The predicted molar refractivity (Wildman–Crippen MR) is 36.7 cm³/mol. The van der Waals surface area contributed by atoms with Gasteiger partial charge in [0.2, 0.25) is 0 Å². The Morgan fingerprint density at radius 2 is 2.40 bits per heavy atom. The van der Waals surface area contributed by atoms with E-state index in [0.29, 0.717) is 5.02 Å². The highest BCUT2D eigenvalue weighted by Crippen LogP contribution is 2.19. The molecule has 0 bridgehead atoms. The van der Waals surface area contributed by atoms with Gasteiger partial charge < -0.3 is 5.11 Å². The van der Waals surface area contributed by atoms with Crippen LogP contribution in [-0.4, -0.2) is 5.11 Å². The molecule has 0 heterocycles. The van der Waals surface area contributed by atoms with Crippen LogP contribution in [0.3, 0.4) is 0 Å². The standard InChI is InChI=1S/C7H3ClNO/c8-6-1-2-7(10)5(3-6)4-9/h2-3,10H. The van der Waals surface area contributed by atoms with E-state index in [-0.39, 0.29) is 11.3 Å². The van der Waals surface area contributed by atoms with Gasteiger partial charge in [0.1, 0.15) is 11.8 Å². The lowest BCUT2D eigenvalue weighted by atomic mass is 10.2. The molecule has 3 heteroatoms. The van der Waals surface area contributed by atoms with E-state index in [1.165, 1.54) is 12.1 Å². The van der Waals surface area contributed by atoms with Crippen molar-refractivity contribution < 1.29 is 5.11 Å². The second-order valence-corrected chi connectivity index (χ2v) is 2.10. The molecule has 0 aliphatic heterocycles. The Labute approximate surface area is 63.3 Å². The molecule has 0 amide bonds. The molecule has 0 fully saturated rings. The molecule has 0 atom stereocenters. The number of phenolic OH excluding ortho intramolecular Hbond substituents is 1. The molecule has 0 saturated heterocycles. The van der Waals surface area contributed by atoms with Gasteiger partial charge in [-0.05, 0) is 12.1 Å². The van der Waals surface area contributed by atoms with Crippen LogP contribution < -0.4 is 0 Å². The largest absolute Gasteiger partial charge is 0.507 e. The highest BCUT2D eigenvalue weighted by Gasteiger charge is 1.98. The first-order valence-corrected chi connectivity index (χ1v) is 2.92. The molecule has 0 aromatic heterocycles. The van der Waals surface area contributed by atoms with Gasteiger partial charge >= 0.3 is 0 Å². The highest BCUT2D eigenvalue weighted by molar-refractivity contribution is 6.30. The molecule has 1 aromatic rings. The Morgan fingerprint density at radius 3 is 2.90 bits per heavy atom. The number of hydrogen-bond donors (Lipinski definition) is 1. The molecule has 0 aliphatic rings. The molecule has 1 N–H and O–H groups in total. The van der Waals surface area contributed by atoms with Crippen molar-refractivity contribution in [2.75, 3.05) is 0 Å². The molecule has 1 aromatic carbocycles. The minimum Gasteiger partial charge on any atom is -0.507 e. The van der Waals surface area contributed by atoms with Gasteiger partial charge in [0.05, 0.1) is 10.6 Å². The van der Waals surface area contributed by atoms with E-state index in [1.807, 2.05) is 0 Å². The van der Waals surface area contributed by atoms with E-state index < -0.39 is 0 Å². The Balaban J connectivity index is 3.25. The van der Waals surface area contributed by atoms with Crippen molar-refractivity contribution in [1.82, 2.24) is 0 Å². The van der Waals surface area contributed by atoms with Gasteiger partial charge in [-0.2, -0.15) is 5.26 Å². The molecule has 2 nitrogen and oxygen atoms in total. The summed E-state index contributed by atoms with van der Waals surface area (Å²) in [6.07, 6.45) is 0. The van der Waals surface area contributed by atoms with E-state index >= 15 is 0 Å². The van der Waals surface area contributed by atoms with Gasteiger partial charge in [0, 0.05) is 6.07 Å². The van der Waals surface area contributed by atoms with Crippen molar-refractivity contribution in [1.29, 1.82) is 5.26 Å². The number of hydrogen-bond acceptors (Lipinski definition) is 2. The van der Waals surface area contributed by atoms with Crippen LogP contribution in [0.25, 0.3) is 0 Å². The fourth-order valence-corrected chi connectivity index (χ4v) is 0.711. The minimum absolute atomic E-state index is 0.0908. The van der Waals surface area contributed by atoms with Crippen molar-refractivity contribution in [3.8, 4) is 11.8 Å². The maximum Gasteiger partial charge on any atom is 0.134 e. The van der Waals surface area contributed by atoms with Crippen LogP contribution in [0.5, 0.6) is 5.75 Å². The third-order valence-corrected chi connectivity index (χ3v) is 1.23. The summed E-state index contributed by atoms with van der Waals surface area (Å²) in [7, 11) is 0. The molecule has 10 heavy (non-hydrogen) atoms. The summed E-state index contributed by atoms with van der Waals surface area (Å²) < 4.78 is 0. The number of nitriles is 1. The fourth-order valence-electron chi connectivity index (χ4n) is 0.547. The average Bonchev–Trinajstić information content (AvgIpc) is 1.94. The van der Waals surface area contributed by atoms with Gasteiger partial charge in [-0.1, -0.05) is 11.6 Å². The summed E-state index contributed by atoms with van der Waals surface area (Å²) >= 11 is 5.48. The van der Waals surface area contributed by atoms with Crippen LogP contribution in [0.1, 0.15) is 5.56 Å². The highest BCUT2D eigenvalue weighted by atomic mass is 35.5. The van der Waals surface area contributed by atoms with Crippen LogP contribution in [0.4, 0.5) is 0 Å². The summed E-state index contributed by atoms with van der Waals surface area (Å²) in [4.78, 5) is 0. The molecule has 1 rings (SSSR count). The van der Waals surface area contributed by atoms with Crippen molar-refractivity contribution in [3.05, 3.63) is 28.8 Å². The molecule has 0 aliphatic carbocycles. The molecule has 49 valence electrons. The quantitative estimate of drug-likeness (QED) is 0.615.